The summed E-state index contributed by atoms with van der Waals surface area (Å²) < 4.78 is 23.6. The third-order valence-corrected chi connectivity index (χ3v) is 8.36. The Morgan fingerprint density at radius 2 is 1.59 bits per heavy atom. The van der Waals surface area contributed by atoms with Gasteiger partial charge in [-0.3, -0.25) is 9.59 Å². The second-order valence-corrected chi connectivity index (χ2v) is 11.0. The highest BCUT2D eigenvalue weighted by atomic mass is 16.6. The summed E-state index contributed by atoms with van der Waals surface area (Å²) in [6.45, 7) is 12.1. The Kier molecular flexibility index (Phi) is 5.60. The van der Waals surface area contributed by atoms with Crippen LogP contribution in [0, 0.1) is 22.7 Å². The van der Waals surface area contributed by atoms with Crippen LogP contribution in [-0.2, 0) is 14.3 Å². The predicted octanol–water partition coefficient (Wildman–Crippen LogP) is 5.62. The Morgan fingerprint density at radius 3 is 2.19 bits per heavy atom. The maximum Gasteiger partial charge on any atom is 0.308 e. The number of carbonyl (C=O) groups is 2. The van der Waals surface area contributed by atoms with E-state index in [4.69, 9.17) is 18.9 Å². The number of fused-ring (bicyclic) bond motifs is 4. The van der Waals surface area contributed by atoms with E-state index in [1.54, 1.807) is 19.2 Å². The van der Waals surface area contributed by atoms with E-state index < -0.39 is 17.5 Å². The van der Waals surface area contributed by atoms with Gasteiger partial charge in [-0.05, 0) is 55.4 Å². The topological polar surface area (TPSA) is 71.1 Å². The molecule has 4 rings (SSSR count). The van der Waals surface area contributed by atoms with Crippen LogP contribution in [0.4, 0.5) is 0 Å². The highest BCUT2D eigenvalue weighted by molar-refractivity contribution is 5.74. The zero-order chi connectivity index (χ0) is 23.5. The number of esters is 2. The van der Waals surface area contributed by atoms with Crippen molar-refractivity contribution >= 4 is 11.9 Å². The van der Waals surface area contributed by atoms with Crippen LogP contribution in [0.25, 0.3) is 0 Å². The van der Waals surface area contributed by atoms with E-state index in [2.05, 4.69) is 27.7 Å². The molecule has 0 aromatic heterocycles. The van der Waals surface area contributed by atoms with Crippen molar-refractivity contribution in [1.29, 1.82) is 0 Å². The third kappa shape index (κ3) is 3.60. The molecular formula is C26H36O6. The highest BCUT2D eigenvalue weighted by Gasteiger charge is 2.63. The first kappa shape index (κ1) is 23.1. The number of rotatable bonds is 3. The number of benzene rings is 1. The molecule has 1 aromatic carbocycles. The summed E-state index contributed by atoms with van der Waals surface area (Å²) in [5.41, 5.74) is 0.772. The SMILES string of the molecule is COC1c2cc(OC(C)=O)c(OC(C)=O)cc2OC2(C)CCC3C(C)(C)CCCC3(C)C12. The molecule has 176 valence electrons. The van der Waals surface area contributed by atoms with Gasteiger partial charge in [0.1, 0.15) is 11.4 Å². The Morgan fingerprint density at radius 1 is 0.969 bits per heavy atom. The minimum Gasteiger partial charge on any atom is -0.487 e. The standard InChI is InChI=1S/C26H36O6/c1-15(27)30-19-13-17-18(14-20(19)31-16(2)28)32-26(6)12-9-21-24(3,4)10-8-11-25(21,5)23(26)22(17)29-7/h13-14,21-23H,8-12H2,1-7H3. The molecule has 6 heteroatoms. The van der Waals surface area contributed by atoms with E-state index in [9.17, 15) is 9.59 Å². The van der Waals surface area contributed by atoms with Crippen molar-refractivity contribution < 1.29 is 28.5 Å². The van der Waals surface area contributed by atoms with Crippen molar-refractivity contribution in [3.8, 4) is 17.2 Å². The third-order valence-electron chi connectivity index (χ3n) is 8.36. The van der Waals surface area contributed by atoms with Gasteiger partial charge in [-0.25, -0.2) is 0 Å². The summed E-state index contributed by atoms with van der Waals surface area (Å²) in [5, 5.41) is 0. The van der Waals surface area contributed by atoms with Crippen LogP contribution in [0.1, 0.15) is 85.3 Å². The van der Waals surface area contributed by atoms with Crippen LogP contribution in [0.5, 0.6) is 17.2 Å². The molecular weight excluding hydrogens is 408 g/mol. The normalized spacial score (nSPS) is 34.9. The van der Waals surface area contributed by atoms with Crippen LogP contribution in [0.15, 0.2) is 12.1 Å². The Bertz CT molecular complexity index is 936. The lowest BCUT2D eigenvalue weighted by Crippen LogP contribution is -2.62. The maximum atomic E-state index is 11.7. The summed E-state index contributed by atoms with van der Waals surface area (Å²) in [4.78, 5) is 23.4. The molecule has 0 spiro atoms. The van der Waals surface area contributed by atoms with Gasteiger partial charge in [0, 0.05) is 38.5 Å². The van der Waals surface area contributed by atoms with Crippen molar-refractivity contribution in [3.05, 3.63) is 17.7 Å². The molecule has 2 saturated carbocycles. The molecule has 2 aliphatic carbocycles. The van der Waals surface area contributed by atoms with Crippen molar-refractivity contribution in [2.75, 3.05) is 7.11 Å². The summed E-state index contributed by atoms with van der Waals surface area (Å²) in [5.74, 6) is 0.782. The molecule has 0 N–H and O–H groups in total. The average molecular weight is 445 g/mol. The molecule has 1 heterocycles. The van der Waals surface area contributed by atoms with Gasteiger partial charge in [-0.2, -0.15) is 0 Å². The smallest absolute Gasteiger partial charge is 0.308 e. The number of carbonyl (C=O) groups excluding carboxylic acids is 2. The van der Waals surface area contributed by atoms with Gasteiger partial charge in [0.2, 0.25) is 0 Å². The van der Waals surface area contributed by atoms with Gasteiger partial charge in [-0.15, -0.1) is 0 Å². The first-order valence-electron chi connectivity index (χ1n) is 11.7. The summed E-state index contributed by atoms with van der Waals surface area (Å²) in [7, 11) is 1.74. The zero-order valence-corrected chi connectivity index (χ0v) is 20.4. The van der Waals surface area contributed by atoms with Crippen molar-refractivity contribution in [2.24, 2.45) is 22.7 Å². The van der Waals surface area contributed by atoms with E-state index in [1.807, 2.05) is 0 Å². The number of methoxy groups -OCH3 is 1. The number of hydrogen-bond donors (Lipinski definition) is 0. The molecule has 0 amide bonds. The van der Waals surface area contributed by atoms with Gasteiger partial charge >= 0.3 is 11.9 Å². The van der Waals surface area contributed by atoms with E-state index in [0.717, 1.165) is 24.8 Å². The second kappa shape index (κ2) is 7.75. The predicted molar refractivity (Wildman–Crippen MR) is 120 cm³/mol. The Hall–Kier alpha value is -2.08. The van der Waals surface area contributed by atoms with E-state index in [-0.39, 0.29) is 34.4 Å². The summed E-state index contributed by atoms with van der Waals surface area (Å²) in [6.07, 6.45) is 5.42. The maximum absolute atomic E-state index is 11.7. The number of ether oxygens (including phenoxy) is 4. The molecule has 0 bridgehead atoms. The minimum absolute atomic E-state index is 0.0588. The summed E-state index contributed by atoms with van der Waals surface area (Å²) >= 11 is 0. The Balaban J connectivity index is 1.85. The minimum atomic E-state index is -0.487. The molecule has 3 aliphatic rings. The molecule has 2 fully saturated rings. The van der Waals surface area contributed by atoms with Crippen molar-refractivity contribution in [3.63, 3.8) is 0 Å². The van der Waals surface area contributed by atoms with Gasteiger partial charge < -0.3 is 18.9 Å². The van der Waals surface area contributed by atoms with Crippen LogP contribution in [0.3, 0.4) is 0 Å². The van der Waals surface area contributed by atoms with Crippen LogP contribution in [-0.4, -0.2) is 24.6 Å². The summed E-state index contributed by atoms with van der Waals surface area (Å²) in [6, 6.07) is 3.42. The number of hydrogen-bond acceptors (Lipinski definition) is 6. The van der Waals surface area contributed by atoms with Crippen molar-refractivity contribution in [1.82, 2.24) is 0 Å². The average Bonchev–Trinajstić information content (AvgIpc) is 2.65. The molecule has 5 unspecified atom stereocenters. The monoisotopic (exact) mass is 444 g/mol. The Labute approximate surface area is 190 Å². The van der Waals surface area contributed by atoms with E-state index in [1.165, 1.54) is 26.7 Å². The quantitative estimate of drug-likeness (QED) is 0.445. The largest absolute Gasteiger partial charge is 0.487 e. The van der Waals surface area contributed by atoms with E-state index in [0.29, 0.717) is 11.7 Å². The van der Waals surface area contributed by atoms with Crippen molar-refractivity contribution in [2.45, 2.75) is 85.4 Å². The second-order valence-electron chi connectivity index (χ2n) is 11.0. The molecule has 1 aromatic rings. The molecule has 5 atom stereocenters. The lowest BCUT2D eigenvalue weighted by molar-refractivity contribution is -0.207. The molecule has 0 radical (unpaired) electrons. The fraction of sp³-hybridized carbons (Fsp3) is 0.692. The first-order valence-corrected chi connectivity index (χ1v) is 11.7. The zero-order valence-electron chi connectivity index (χ0n) is 20.4. The van der Waals surface area contributed by atoms with Gasteiger partial charge in [-0.1, -0.05) is 27.2 Å². The van der Waals surface area contributed by atoms with Crippen LogP contribution >= 0.6 is 0 Å². The van der Waals surface area contributed by atoms with Gasteiger partial charge in [0.25, 0.3) is 0 Å². The van der Waals surface area contributed by atoms with Crippen LogP contribution < -0.4 is 14.2 Å². The fourth-order valence-corrected chi connectivity index (χ4v) is 7.35. The lowest BCUT2D eigenvalue weighted by atomic mass is 9.44. The molecule has 0 saturated heterocycles. The van der Waals surface area contributed by atoms with Crippen LogP contribution in [0.2, 0.25) is 0 Å². The molecule has 6 nitrogen and oxygen atoms in total. The molecule has 32 heavy (non-hydrogen) atoms. The van der Waals surface area contributed by atoms with Gasteiger partial charge in [0.05, 0.1) is 6.10 Å². The lowest BCUT2D eigenvalue weighted by Gasteiger charge is -2.64. The molecule has 1 aliphatic heterocycles. The first-order chi connectivity index (χ1) is 14.9. The highest BCUT2D eigenvalue weighted by Crippen LogP contribution is 2.67. The van der Waals surface area contributed by atoms with Gasteiger partial charge in [0.15, 0.2) is 11.5 Å². The van der Waals surface area contributed by atoms with E-state index >= 15 is 0 Å². The fourth-order valence-electron chi connectivity index (χ4n) is 7.35.